The molecular formula is C12H20N4O3S. The van der Waals surface area contributed by atoms with Crippen molar-refractivity contribution < 1.29 is 13.2 Å². The Balaban J connectivity index is 1.89. The summed E-state index contributed by atoms with van der Waals surface area (Å²) in [6, 6.07) is 2.82. The fourth-order valence-electron chi connectivity index (χ4n) is 2.13. The third-order valence-electron chi connectivity index (χ3n) is 3.22. The average molecular weight is 300 g/mol. The van der Waals surface area contributed by atoms with Gasteiger partial charge in [0, 0.05) is 25.4 Å². The maximum absolute atomic E-state index is 12.1. The van der Waals surface area contributed by atoms with E-state index in [1.165, 1.54) is 18.3 Å². The lowest BCUT2D eigenvalue weighted by Gasteiger charge is -2.22. The van der Waals surface area contributed by atoms with Crippen LogP contribution in [0.1, 0.15) is 25.7 Å². The number of anilines is 1. The summed E-state index contributed by atoms with van der Waals surface area (Å²) < 4.78 is 32.3. The van der Waals surface area contributed by atoms with E-state index in [-0.39, 0.29) is 11.0 Å². The number of pyridine rings is 1. The average Bonchev–Trinajstić information content (AvgIpc) is 2.48. The highest BCUT2D eigenvalue weighted by Gasteiger charge is 2.17. The SMILES string of the molecule is NNc1cc(S(=O)(=O)NCCC2CCCCO2)ccn1. The van der Waals surface area contributed by atoms with Crippen molar-refractivity contribution >= 4 is 15.8 Å². The second-order valence-corrected chi connectivity index (χ2v) is 6.46. The van der Waals surface area contributed by atoms with Crippen LogP contribution in [0.3, 0.4) is 0 Å². The molecule has 8 heteroatoms. The third kappa shape index (κ3) is 4.14. The predicted octanol–water partition coefficient (Wildman–Crippen LogP) is 0.605. The Hall–Kier alpha value is -1.22. The zero-order valence-corrected chi connectivity index (χ0v) is 12.0. The molecule has 0 amide bonds. The Bertz CT molecular complexity index is 529. The topological polar surface area (TPSA) is 106 Å². The molecule has 0 saturated carbocycles. The van der Waals surface area contributed by atoms with Crippen LogP contribution >= 0.6 is 0 Å². The van der Waals surface area contributed by atoms with Crippen LogP contribution in [0.5, 0.6) is 0 Å². The molecule has 7 nitrogen and oxygen atoms in total. The van der Waals surface area contributed by atoms with E-state index in [2.05, 4.69) is 15.1 Å². The Morgan fingerprint density at radius 3 is 3.00 bits per heavy atom. The summed E-state index contributed by atoms with van der Waals surface area (Å²) in [6.45, 7) is 1.13. The smallest absolute Gasteiger partial charge is 0.240 e. The highest BCUT2D eigenvalue weighted by atomic mass is 32.2. The number of hydrogen-bond donors (Lipinski definition) is 3. The van der Waals surface area contributed by atoms with E-state index in [4.69, 9.17) is 10.6 Å². The minimum atomic E-state index is -3.53. The maximum Gasteiger partial charge on any atom is 0.240 e. The standard InChI is InChI=1S/C12H20N4O3S/c13-16-12-9-11(5-6-14-12)20(17,18)15-7-4-10-3-1-2-8-19-10/h5-6,9-10,15H,1-4,7-8,13H2,(H,14,16). The zero-order valence-electron chi connectivity index (χ0n) is 11.2. The number of nitrogens with two attached hydrogens (primary N) is 1. The predicted molar refractivity (Wildman–Crippen MR) is 75.4 cm³/mol. The number of aromatic nitrogens is 1. The van der Waals surface area contributed by atoms with Crippen molar-refractivity contribution in [3.63, 3.8) is 0 Å². The van der Waals surface area contributed by atoms with E-state index >= 15 is 0 Å². The quantitative estimate of drug-likeness (QED) is 0.525. The van der Waals surface area contributed by atoms with Crippen molar-refractivity contribution in [1.82, 2.24) is 9.71 Å². The molecule has 0 aromatic carbocycles. The molecule has 0 spiro atoms. The monoisotopic (exact) mass is 300 g/mol. The van der Waals surface area contributed by atoms with Crippen molar-refractivity contribution in [1.29, 1.82) is 0 Å². The summed E-state index contributed by atoms with van der Waals surface area (Å²) >= 11 is 0. The second kappa shape index (κ2) is 6.98. The van der Waals surface area contributed by atoms with Crippen LogP contribution in [0.4, 0.5) is 5.82 Å². The van der Waals surface area contributed by atoms with E-state index in [1.54, 1.807) is 0 Å². The number of nitrogens with zero attached hydrogens (tertiary/aromatic N) is 1. The van der Waals surface area contributed by atoms with Gasteiger partial charge in [-0.05, 0) is 31.7 Å². The van der Waals surface area contributed by atoms with Crippen molar-refractivity contribution in [2.45, 2.75) is 36.7 Å². The molecule has 1 atom stereocenters. The zero-order chi connectivity index (χ0) is 14.4. The van der Waals surface area contributed by atoms with Gasteiger partial charge >= 0.3 is 0 Å². The van der Waals surface area contributed by atoms with Crippen molar-refractivity contribution in [3.05, 3.63) is 18.3 Å². The van der Waals surface area contributed by atoms with Crippen LogP contribution < -0.4 is 16.0 Å². The number of hydrazine groups is 1. The summed E-state index contributed by atoms with van der Waals surface area (Å²) in [5, 5.41) is 0. The van der Waals surface area contributed by atoms with Crippen LogP contribution in [0.2, 0.25) is 0 Å². The van der Waals surface area contributed by atoms with Crippen LogP contribution in [-0.4, -0.2) is 32.7 Å². The van der Waals surface area contributed by atoms with E-state index in [1.807, 2.05) is 0 Å². The third-order valence-corrected chi connectivity index (χ3v) is 4.68. The lowest BCUT2D eigenvalue weighted by molar-refractivity contribution is 0.0123. The van der Waals surface area contributed by atoms with Gasteiger partial charge in [-0.1, -0.05) is 0 Å². The molecule has 1 aromatic heterocycles. The molecule has 20 heavy (non-hydrogen) atoms. The Kier molecular flexibility index (Phi) is 5.30. The molecule has 1 aliphatic rings. The minimum absolute atomic E-state index is 0.144. The van der Waals surface area contributed by atoms with Gasteiger partial charge in [-0.15, -0.1) is 0 Å². The fourth-order valence-corrected chi connectivity index (χ4v) is 3.19. The Morgan fingerprint density at radius 2 is 2.30 bits per heavy atom. The number of hydrogen-bond acceptors (Lipinski definition) is 6. The van der Waals surface area contributed by atoms with Gasteiger partial charge in [0.1, 0.15) is 5.82 Å². The normalized spacial score (nSPS) is 19.8. The van der Waals surface area contributed by atoms with Crippen molar-refractivity contribution in [2.24, 2.45) is 5.84 Å². The van der Waals surface area contributed by atoms with Crippen LogP contribution in [-0.2, 0) is 14.8 Å². The molecule has 2 rings (SSSR count). The summed E-state index contributed by atoms with van der Waals surface area (Å²) in [6.07, 6.45) is 5.48. The van der Waals surface area contributed by atoms with E-state index in [0.29, 0.717) is 18.8 Å². The van der Waals surface area contributed by atoms with Crippen molar-refractivity contribution in [3.8, 4) is 0 Å². The van der Waals surface area contributed by atoms with Crippen LogP contribution in [0, 0.1) is 0 Å². The van der Waals surface area contributed by atoms with Gasteiger partial charge in [-0.2, -0.15) is 0 Å². The summed E-state index contributed by atoms with van der Waals surface area (Å²) in [4.78, 5) is 4.02. The van der Waals surface area contributed by atoms with Crippen LogP contribution in [0.15, 0.2) is 23.2 Å². The molecule has 0 bridgehead atoms. The Labute approximate surface area is 118 Å². The van der Waals surface area contributed by atoms with Gasteiger partial charge < -0.3 is 10.2 Å². The molecule has 1 saturated heterocycles. The number of nitrogens with one attached hydrogen (secondary N) is 2. The van der Waals surface area contributed by atoms with Crippen molar-refractivity contribution in [2.75, 3.05) is 18.6 Å². The second-order valence-electron chi connectivity index (χ2n) is 4.70. The first-order valence-electron chi connectivity index (χ1n) is 6.66. The summed E-state index contributed by atoms with van der Waals surface area (Å²) in [5.41, 5.74) is 2.32. The first-order valence-corrected chi connectivity index (χ1v) is 8.14. The van der Waals surface area contributed by atoms with Gasteiger partial charge in [0.05, 0.1) is 11.0 Å². The largest absolute Gasteiger partial charge is 0.378 e. The van der Waals surface area contributed by atoms with Gasteiger partial charge in [0.15, 0.2) is 0 Å². The highest BCUT2D eigenvalue weighted by molar-refractivity contribution is 7.89. The number of rotatable bonds is 6. The van der Waals surface area contributed by atoms with E-state index in [0.717, 1.165) is 25.9 Å². The molecular weight excluding hydrogens is 280 g/mol. The maximum atomic E-state index is 12.1. The molecule has 2 heterocycles. The molecule has 112 valence electrons. The van der Waals surface area contributed by atoms with Gasteiger partial charge in [0.2, 0.25) is 10.0 Å². The molecule has 1 aliphatic heterocycles. The van der Waals surface area contributed by atoms with Crippen LogP contribution in [0.25, 0.3) is 0 Å². The van der Waals surface area contributed by atoms with Gasteiger partial charge in [-0.25, -0.2) is 24.0 Å². The minimum Gasteiger partial charge on any atom is -0.378 e. The molecule has 0 radical (unpaired) electrons. The fraction of sp³-hybridized carbons (Fsp3) is 0.583. The number of ether oxygens (including phenoxy) is 1. The van der Waals surface area contributed by atoms with E-state index < -0.39 is 10.0 Å². The van der Waals surface area contributed by atoms with Gasteiger partial charge in [-0.3, -0.25) is 0 Å². The first kappa shape index (κ1) is 15.2. The molecule has 1 aromatic rings. The Morgan fingerprint density at radius 1 is 1.45 bits per heavy atom. The number of nitrogen functional groups attached to an aromatic ring is 1. The highest BCUT2D eigenvalue weighted by Crippen LogP contribution is 2.16. The molecule has 1 fully saturated rings. The lowest BCUT2D eigenvalue weighted by Crippen LogP contribution is -2.29. The van der Waals surface area contributed by atoms with Gasteiger partial charge in [0.25, 0.3) is 0 Å². The number of sulfonamides is 1. The first-order chi connectivity index (χ1) is 9.62. The molecule has 4 N–H and O–H groups in total. The molecule has 0 aliphatic carbocycles. The molecule has 1 unspecified atom stereocenters. The summed E-state index contributed by atoms with van der Waals surface area (Å²) in [7, 11) is -3.53. The summed E-state index contributed by atoms with van der Waals surface area (Å²) in [5.74, 6) is 5.52. The lowest BCUT2D eigenvalue weighted by atomic mass is 10.1. The van der Waals surface area contributed by atoms with E-state index in [9.17, 15) is 8.42 Å².